The van der Waals surface area contributed by atoms with Crippen LogP contribution in [0.1, 0.15) is 33.6 Å². The van der Waals surface area contributed by atoms with Crippen LogP contribution < -0.4 is 15.2 Å². The van der Waals surface area contributed by atoms with Gasteiger partial charge >= 0.3 is 0 Å². The number of aromatic nitrogens is 1. The SMILES string of the molecule is CN1CCCC1.COc1cc2nccc(Oc3ccc4c(C=O)coc4c3)c2cc1C(N)=O. The monoisotopic (exact) mass is 447 g/mol. The number of hydrogen-bond donors (Lipinski definition) is 1. The summed E-state index contributed by atoms with van der Waals surface area (Å²) < 4.78 is 16.6. The summed E-state index contributed by atoms with van der Waals surface area (Å²) >= 11 is 0. The zero-order valence-corrected chi connectivity index (χ0v) is 18.5. The fourth-order valence-corrected chi connectivity index (χ4v) is 3.78. The molecule has 1 amide bonds. The molecule has 33 heavy (non-hydrogen) atoms. The van der Waals surface area contributed by atoms with Crippen LogP contribution in [0.15, 0.2) is 53.3 Å². The number of primary amides is 1. The number of benzene rings is 2. The molecule has 5 rings (SSSR count). The summed E-state index contributed by atoms with van der Waals surface area (Å²) in [5.41, 5.74) is 7.28. The number of carbonyl (C=O) groups excluding carboxylic acids is 2. The van der Waals surface area contributed by atoms with Crippen molar-refractivity contribution < 1.29 is 23.5 Å². The van der Waals surface area contributed by atoms with Gasteiger partial charge in [-0.25, -0.2) is 0 Å². The van der Waals surface area contributed by atoms with Gasteiger partial charge in [0.25, 0.3) is 5.91 Å². The molecule has 8 nitrogen and oxygen atoms in total. The fourth-order valence-electron chi connectivity index (χ4n) is 3.78. The van der Waals surface area contributed by atoms with E-state index in [1.54, 1.807) is 42.6 Å². The molecule has 0 radical (unpaired) electrons. The molecule has 0 unspecified atom stereocenters. The quantitative estimate of drug-likeness (QED) is 0.452. The average molecular weight is 447 g/mol. The Morgan fingerprint density at radius 1 is 1.12 bits per heavy atom. The number of nitrogens with two attached hydrogens (primary N) is 1. The van der Waals surface area contributed by atoms with Gasteiger partial charge in [0.1, 0.15) is 29.1 Å². The van der Waals surface area contributed by atoms with E-state index in [4.69, 9.17) is 19.6 Å². The van der Waals surface area contributed by atoms with Crippen LogP contribution in [0.5, 0.6) is 17.2 Å². The van der Waals surface area contributed by atoms with Crippen LogP contribution in [0.3, 0.4) is 0 Å². The second-order valence-electron chi connectivity index (χ2n) is 7.82. The molecular formula is C25H25N3O5. The molecule has 1 saturated heterocycles. The minimum absolute atomic E-state index is 0.236. The lowest BCUT2D eigenvalue weighted by molar-refractivity contribution is 0.0997. The molecular weight excluding hydrogens is 422 g/mol. The number of likely N-dealkylation sites (tertiary alicyclic amines) is 1. The van der Waals surface area contributed by atoms with E-state index >= 15 is 0 Å². The molecule has 1 aliphatic heterocycles. The maximum Gasteiger partial charge on any atom is 0.252 e. The topological polar surface area (TPSA) is 108 Å². The summed E-state index contributed by atoms with van der Waals surface area (Å²) in [6.07, 6.45) is 6.56. The van der Waals surface area contributed by atoms with Gasteiger partial charge in [-0.05, 0) is 57.2 Å². The molecule has 0 bridgehead atoms. The molecule has 0 saturated carbocycles. The molecule has 8 heteroatoms. The third-order valence-corrected chi connectivity index (χ3v) is 5.55. The van der Waals surface area contributed by atoms with Crippen molar-refractivity contribution in [2.45, 2.75) is 12.8 Å². The Kier molecular flexibility index (Phi) is 6.55. The van der Waals surface area contributed by atoms with Crippen molar-refractivity contribution in [3.05, 3.63) is 60.0 Å². The Bertz CT molecular complexity index is 1310. The van der Waals surface area contributed by atoms with Gasteiger partial charge in [0.15, 0.2) is 6.29 Å². The Morgan fingerprint density at radius 3 is 2.55 bits per heavy atom. The number of fused-ring (bicyclic) bond motifs is 2. The zero-order valence-electron chi connectivity index (χ0n) is 18.5. The third kappa shape index (κ3) is 4.80. The summed E-state index contributed by atoms with van der Waals surface area (Å²) in [6.45, 7) is 2.64. The van der Waals surface area contributed by atoms with Crippen LogP contribution in [0.25, 0.3) is 21.9 Å². The summed E-state index contributed by atoms with van der Waals surface area (Å²) in [5, 5.41) is 1.32. The summed E-state index contributed by atoms with van der Waals surface area (Å²) in [7, 11) is 3.63. The molecule has 2 aromatic heterocycles. The number of hydrogen-bond acceptors (Lipinski definition) is 7. The standard InChI is InChI=1S/C20H14N2O5.C5H11N/c1-25-18-8-16-14(7-15(18)20(21)24)17(4-5-22-16)27-12-2-3-13-11(9-23)10-26-19(13)6-12;1-6-4-2-3-5-6/h2-10H,1H3,(H2,21,24);2-5H2,1H3. The second-order valence-corrected chi connectivity index (χ2v) is 7.82. The van der Waals surface area contributed by atoms with Gasteiger partial charge in [-0.3, -0.25) is 14.6 Å². The lowest BCUT2D eigenvalue weighted by Crippen LogP contribution is -2.12. The van der Waals surface area contributed by atoms with Crippen LogP contribution in [0.4, 0.5) is 0 Å². The first-order chi connectivity index (χ1) is 16.0. The minimum Gasteiger partial charge on any atom is -0.496 e. The number of methoxy groups -OCH3 is 1. The molecule has 2 aromatic carbocycles. The maximum absolute atomic E-state index is 11.7. The van der Waals surface area contributed by atoms with E-state index in [-0.39, 0.29) is 5.56 Å². The van der Waals surface area contributed by atoms with Gasteiger partial charge in [0.2, 0.25) is 0 Å². The number of pyridine rings is 1. The lowest BCUT2D eigenvalue weighted by atomic mass is 10.1. The summed E-state index contributed by atoms with van der Waals surface area (Å²) in [5.74, 6) is 0.741. The van der Waals surface area contributed by atoms with Gasteiger partial charge in [-0.1, -0.05) is 0 Å². The van der Waals surface area contributed by atoms with Gasteiger partial charge in [0.05, 0.1) is 23.8 Å². The second kappa shape index (κ2) is 9.70. The third-order valence-electron chi connectivity index (χ3n) is 5.55. The van der Waals surface area contributed by atoms with E-state index in [1.807, 2.05) is 0 Å². The number of rotatable bonds is 5. The highest BCUT2D eigenvalue weighted by atomic mass is 16.5. The van der Waals surface area contributed by atoms with Crippen molar-refractivity contribution in [1.82, 2.24) is 9.88 Å². The predicted octanol–water partition coefficient (Wildman–Crippen LogP) is 4.41. The molecule has 0 spiro atoms. The first kappa shape index (κ1) is 22.3. The maximum atomic E-state index is 11.7. The van der Waals surface area contributed by atoms with Crippen molar-refractivity contribution >= 4 is 34.1 Å². The highest BCUT2D eigenvalue weighted by molar-refractivity contribution is 6.01. The highest BCUT2D eigenvalue weighted by Crippen LogP contribution is 2.34. The highest BCUT2D eigenvalue weighted by Gasteiger charge is 2.15. The largest absolute Gasteiger partial charge is 0.496 e. The van der Waals surface area contributed by atoms with Gasteiger partial charge in [-0.15, -0.1) is 0 Å². The Hall–Kier alpha value is -3.91. The first-order valence-electron chi connectivity index (χ1n) is 10.6. The van der Waals surface area contributed by atoms with Gasteiger partial charge in [0, 0.05) is 29.1 Å². The normalized spacial score (nSPS) is 13.5. The van der Waals surface area contributed by atoms with Crippen LogP contribution >= 0.6 is 0 Å². The van der Waals surface area contributed by atoms with Crippen molar-refractivity contribution in [3.8, 4) is 17.2 Å². The van der Waals surface area contributed by atoms with E-state index < -0.39 is 5.91 Å². The van der Waals surface area contributed by atoms with E-state index in [2.05, 4.69) is 16.9 Å². The van der Waals surface area contributed by atoms with Crippen molar-refractivity contribution in [1.29, 1.82) is 0 Å². The summed E-state index contributed by atoms with van der Waals surface area (Å²) in [6, 6.07) is 10.1. The molecule has 1 fully saturated rings. The van der Waals surface area contributed by atoms with Crippen LogP contribution in [0, 0.1) is 0 Å². The Balaban J connectivity index is 0.000000376. The van der Waals surface area contributed by atoms with Crippen LogP contribution in [-0.2, 0) is 0 Å². The van der Waals surface area contributed by atoms with Crippen molar-refractivity contribution in [2.24, 2.45) is 5.73 Å². The fraction of sp³-hybridized carbons (Fsp3) is 0.240. The Morgan fingerprint density at radius 2 is 1.91 bits per heavy atom. The molecule has 3 heterocycles. The molecule has 2 N–H and O–H groups in total. The number of aldehydes is 1. The first-order valence-corrected chi connectivity index (χ1v) is 10.6. The van der Waals surface area contributed by atoms with E-state index in [0.29, 0.717) is 44.7 Å². The summed E-state index contributed by atoms with van der Waals surface area (Å²) in [4.78, 5) is 29.4. The molecule has 4 aromatic rings. The van der Waals surface area contributed by atoms with Gasteiger partial charge in [-0.2, -0.15) is 0 Å². The van der Waals surface area contributed by atoms with E-state index in [0.717, 1.165) is 6.29 Å². The molecule has 0 atom stereocenters. The molecule has 1 aliphatic rings. The minimum atomic E-state index is -0.609. The number of amides is 1. The van der Waals surface area contributed by atoms with Crippen molar-refractivity contribution in [2.75, 3.05) is 27.2 Å². The number of nitrogens with zero attached hydrogens (tertiary/aromatic N) is 2. The van der Waals surface area contributed by atoms with Crippen molar-refractivity contribution in [3.63, 3.8) is 0 Å². The number of ether oxygens (including phenoxy) is 2. The Labute approximate surface area is 190 Å². The molecule has 170 valence electrons. The number of carbonyl (C=O) groups is 2. The predicted molar refractivity (Wildman–Crippen MR) is 125 cm³/mol. The molecule has 0 aliphatic carbocycles. The van der Waals surface area contributed by atoms with Crippen LogP contribution in [-0.4, -0.2) is 49.3 Å². The van der Waals surface area contributed by atoms with Crippen LogP contribution in [0.2, 0.25) is 0 Å². The van der Waals surface area contributed by atoms with E-state index in [1.165, 1.54) is 39.3 Å². The van der Waals surface area contributed by atoms with Gasteiger partial charge < -0.3 is 24.5 Å². The average Bonchev–Trinajstić information content (AvgIpc) is 3.47. The zero-order chi connectivity index (χ0) is 23.4. The number of furan rings is 1. The smallest absolute Gasteiger partial charge is 0.252 e. The lowest BCUT2D eigenvalue weighted by Gasteiger charge is -2.11. The van der Waals surface area contributed by atoms with E-state index in [9.17, 15) is 9.59 Å².